The fourth-order valence-electron chi connectivity index (χ4n) is 2.17. The van der Waals surface area contributed by atoms with Crippen LogP contribution in [-0.4, -0.2) is 32.0 Å². The highest BCUT2D eigenvalue weighted by molar-refractivity contribution is 6.33. The molecule has 3 N–H and O–H groups in total. The van der Waals surface area contributed by atoms with Gasteiger partial charge in [-0.25, -0.2) is 0 Å². The van der Waals surface area contributed by atoms with Crippen LogP contribution in [0, 0.1) is 12.8 Å². The van der Waals surface area contributed by atoms with Gasteiger partial charge in [-0.3, -0.25) is 9.79 Å². The molecule has 0 spiro atoms. The summed E-state index contributed by atoms with van der Waals surface area (Å²) < 4.78 is 0. The molecule has 0 aliphatic rings. The Bertz CT molecular complexity index is 558. The van der Waals surface area contributed by atoms with E-state index >= 15 is 0 Å². The van der Waals surface area contributed by atoms with Crippen LogP contribution in [0.4, 0.5) is 5.69 Å². The first kappa shape index (κ1) is 20.3. The number of nitrogens with one attached hydrogen (secondary N) is 3. The number of carbonyl (C=O) groups excluding carboxylic acids is 1. The first-order valence-electron chi connectivity index (χ1n) is 8.43. The van der Waals surface area contributed by atoms with Crippen molar-refractivity contribution in [1.29, 1.82) is 0 Å². The van der Waals surface area contributed by atoms with Crippen LogP contribution in [-0.2, 0) is 4.79 Å². The fourth-order valence-corrected chi connectivity index (χ4v) is 2.45. The van der Waals surface area contributed by atoms with Crippen LogP contribution in [0.1, 0.15) is 38.7 Å². The minimum absolute atomic E-state index is 0.0801. The Morgan fingerprint density at radius 3 is 2.58 bits per heavy atom. The first-order valence-corrected chi connectivity index (χ1v) is 8.80. The number of rotatable bonds is 8. The summed E-state index contributed by atoms with van der Waals surface area (Å²) in [5.41, 5.74) is 1.70. The van der Waals surface area contributed by atoms with Crippen molar-refractivity contribution in [2.24, 2.45) is 10.9 Å². The molecule has 0 aromatic heterocycles. The van der Waals surface area contributed by atoms with Crippen LogP contribution in [0.2, 0.25) is 5.02 Å². The summed E-state index contributed by atoms with van der Waals surface area (Å²) >= 11 is 6.11. The number of benzene rings is 1. The molecule has 5 nitrogen and oxygen atoms in total. The molecule has 0 unspecified atom stereocenters. The summed E-state index contributed by atoms with van der Waals surface area (Å²) in [6.07, 6.45) is 2.63. The van der Waals surface area contributed by atoms with E-state index in [4.69, 9.17) is 11.6 Å². The average Bonchev–Trinajstić information content (AvgIpc) is 2.52. The number of aliphatic imine (C=N–C) groups is 1. The Morgan fingerprint density at radius 2 is 1.96 bits per heavy atom. The van der Waals surface area contributed by atoms with E-state index in [1.165, 1.54) is 6.42 Å². The normalized spacial score (nSPS) is 11.5. The Hall–Kier alpha value is -1.75. The van der Waals surface area contributed by atoms with E-state index in [2.05, 4.69) is 34.8 Å². The molecule has 0 saturated heterocycles. The van der Waals surface area contributed by atoms with Crippen LogP contribution >= 0.6 is 11.6 Å². The molecule has 24 heavy (non-hydrogen) atoms. The fraction of sp³-hybridized carbons (Fsp3) is 0.556. The standard InChI is InChI=1S/C18H29ClN4O/c1-13(2)6-5-10-21-18(20-4)22-11-9-17(24)23-16-8-7-14(3)12-15(16)19/h7-8,12-13H,5-6,9-11H2,1-4H3,(H,23,24)(H2,20,21,22). The number of hydrogen-bond acceptors (Lipinski definition) is 2. The third kappa shape index (κ3) is 8.20. The zero-order valence-corrected chi connectivity index (χ0v) is 15.8. The van der Waals surface area contributed by atoms with Crippen molar-refractivity contribution >= 4 is 29.2 Å². The van der Waals surface area contributed by atoms with E-state index < -0.39 is 0 Å². The molecule has 6 heteroatoms. The molecule has 0 bridgehead atoms. The van der Waals surface area contributed by atoms with Crippen LogP contribution in [0.5, 0.6) is 0 Å². The second-order valence-electron chi connectivity index (χ2n) is 6.24. The van der Waals surface area contributed by atoms with Crippen molar-refractivity contribution in [3.05, 3.63) is 28.8 Å². The van der Waals surface area contributed by atoms with Gasteiger partial charge in [-0.05, 0) is 43.4 Å². The van der Waals surface area contributed by atoms with Crippen LogP contribution < -0.4 is 16.0 Å². The third-order valence-corrected chi connectivity index (χ3v) is 3.83. The van der Waals surface area contributed by atoms with Gasteiger partial charge in [-0.1, -0.05) is 31.5 Å². The second kappa shape index (κ2) is 10.9. The predicted octanol–water partition coefficient (Wildman–Crippen LogP) is 3.58. The molecule has 1 aromatic rings. The van der Waals surface area contributed by atoms with Crippen molar-refractivity contribution in [2.75, 3.05) is 25.5 Å². The smallest absolute Gasteiger partial charge is 0.226 e. The maximum absolute atomic E-state index is 12.0. The molecule has 0 atom stereocenters. The number of amides is 1. The molecular weight excluding hydrogens is 324 g/mol. The van der Waals surface area contributed by atoms with Crippen molar-refractivity contribution in [3.63, 3.8) is 0 Å². The Balaban J connectivity index is 2.28. The third-order valence-electron chi connectivity index (χ3n) is 3.52. The average molecular weight is 353 g/mol. The largest absolute Gasteiger partial charge is 0.356 e. The quantitative estimate of drug-likeness (QED) is 0.380. The Kier molecular flexibility index (Phi) is 9.23. The van der Waals surface area contributed by atoms with E-state index in [0.29, 0.717) is 29.6 Å². The lowest BCUT2D eigenvalue weighted by atomic mass is 10.1. The number of hydrogen-bond donors (Lipinski definition) is 3. The predicted molar refractivity (Wildman–Crippen MR) is 103 cm³/mol. The molecule has 1 rings (SSSR count). The Morgan fingerprint density at radius 1 is 1.25 bits per heavy atom. The number of nitrogens with zero attached hydrogens (tertiary/aromatic N) is 1. The lowest BCUT2D eigenvalue weighted by Gasteiger charge is -2.13. The Labute approximate surface area is 150 Å². The highest BCUT2D eigenvalue weighted by Crippen LogP contribution is 2.22. The number of aryl methyl sites for hydroxylation is 1. The molecule has 0 heterocycles. The minimum atomic E-state index is -0.0801. The zero-order valence-electron chi connectivity index (χ0n) is 15.1. The number of carbonyl (C=O) groups is 1. The van der Waals surface area contributed by atoms with Crippen molar-refractivity contribution in [1.82, 2.24) is 10.6 Å². The molecule has 134 valence electrons. The van der Waals surface area contributed by atoms with Crippen LogP contribution in [0.3, 0.4) is 0 Å². The summed E-state index contributed by atoms with van der Waals surface area (Å²) in [6, 6.07) is 5.57. The summed E-state index contributed by atoms with van der Waals surface area (Å²) in [5.74, 6) is 1.35. The van der Waals surface area contributed by atoms with E-state index in [-0.39, 0.29) is 5.91 Å². The zero-order chi connectivity index (χ0) is 17.9. The lowest BCUT2D eigenvalue weighted by Crippen LogP contribution is -2.39. The van der Waals surface area contributed by atoms with Gasteiger partial charge in [0.2, 0.25) is 5.91 Å². The van der Waals surface area contributed by atoms with Crippen molar-refractivity contribution in [3.8, 4) is 0 Å². The maximum Gasteiger partial charge on any atom is 0.226 e. The number of guanidine groups is 1. The van der Waals surface area contributed by atoms with E-state index in [1.54, 1.807) is 7.05 Å². The maximum atomic E-state index is 12.0. The van der Waals surface area contributed by atoms with Gasteiger partial charge in [0.05, 0.1) is 10.7 Å². The van der Waals surface area contributed by atoms with Gasteiger partial charge >= 0.3 is 0 Å². The summed E-state index contributed by atoms with van der Waals surface area (Å²) in [7, 11) is 1.73. The monoisotopic (exact) mass is 352 g/mol. The number of halogens is 1. The van der Waals surface area contributed by atoms with Gasteiger partial charge in [0.1, 0.15) is 0 Å². The van der Waals surface area contributed by atoms with Gasteiger partial charge in [0, 0.05) is 26.6 Å². The minimum Gasteiger partial charge on any atom is -0.356 e. The lowest BCUT2D eigenvalue weighted by molar-refractivity contribution is -0.116. The molecule has 0 aliphatic carbocycles. The van der Waals surface area contributed by atoms with E-state index in [1.807, 2.05) is 25.1 Å². The van der Waals surface area contributed by atoms with Gasteiger partial charge in [0.15, 0.2) is 5.96 Å². The molecule has 0 fully saturated rings. The molecular formula is C18H29ClN4O. The van der Waals surface area contributed by atoms with Gasteiger partial charge in [0.25, 0.3) is 0 Å². The molecule has 1 amide bonds. The molecule has 0 saturated carbocycles. The first-order chi connectivity index (χ1) is 11.4. The van der Waals surface area contributed by atoms with E-state index in [9.17, 15) is 4.79 Å². The van der Waals surface area contributed by atoms with E-state index in [0.717, 1.165) is 24.5 Å². The molecule has 0 radical (unpaired) electrons. The topological polar surface area (TPSA) is 65.5 Å². The summed E-state index contributed by atoms with van der Waals surface area (Å²) in [6.45, 7) is 7.78. The van der Waals surface area contributed by atoms with Crippen LogP contribution in [0.25, 0.3) is 0 Å². The van der Waals surface area contributed by atoms with Gasteiger partial charge in [-0.15, -0.1) is 0 Å². The summed E-state index contributed by atoms with van der Waals surface area (Å²) in [5, 5.41) is 9.77. The number of anilines is 1. The van der Waals surface area contributed by atoms with Gasteiger partial charge < -0.3 is 16.0 Å². The van der Waals surface area contributed by atoms with Gasteiger partial charge in [-0.2, -0.15) is 0 Å². The molecule has 1 aromatic carbocycles. The van der Waals surface area contributed by atoms with Crippen molar-refractivity contribution in [2.45, 2.75) is 40.0 Å². The summed E-state index contributed by atoms with van der Waals surface area (Å²) in [4.78, 5) is 16.1. The van der Waals surface area contributed by atoms with Crippen molar-refractivity contribution < 1.29 is 4.79 Å². The van der Waals surface area contributed by atoms with Crippen LogP contribution in [0.15, 0.2) is 23.2 Å². The highest BCUT2D eigenvalue weighted by Gasteiger charge is 2.06. The second-order valence-corrected chi connectivity index (χ2v) is 6.65. The molecule has 0 aliphatic heterocycles. The highest BCUT2D eigenvalue weighted by atomic mass is 35.5. The SMILES string of the molecule is CN=C(NCCCC(C)C)NCCC(=O)Nc1ccc(C)cc1Cl.